The Morgan fingerprint density at radius 3 is 2.32 bits per heavy atom. The topological polar surface area (TPSA) is 40.5 Å². The van der Waals surface area contributed by atoms with Crippen molar-refractivity contribution in [3.8, 4) is 0 Å². The summed E-state index contributed by atoms with van der Waals surface area (Å²) in [7, 11) is 0. The van der Waals surface area contributed by atoms with Gasteiger partial charge in [0.25, 0.3) is 0 Å². The van der Waals surface area contributed by atoms with Gasteiger partial charge in [-0.15, -0.1) is 0 Å². The van der Waals surface area contributed by atoms with Gasteiger partial charge in [-0.1, -0.05) is 20.8 Å². The fourth-order valence-corrected chi connectivity index (χ4v) is 3.87. The summed E-state index contributed by atoms with van der Waals surface area (Å²) in [4.78, 5) is 13.4. The van der Waals surface area contributed by atoms with Gasteiger partial charge in [-0.05, 0) is 62.3 Å². The molecule has 1 aliphatic heterocycles. The molecule has 0 amide bonds. The average Bonchev–Trinajstić information content (AvgIpc) is 2.77. The van der Waals surface area contributed by atoms with Gasteiger partial charge in [-0.2, -0.15) is 0 Å². The molecule has 19 heavy (non-hydrogen) atoms. The summed E-state index contributed by atoms with van der Waals surface area (Å²) in [6.45, 7) is 9.03. The number of carboxylic acid groups (broad SMARTS) is 1. The first-order valence-electron chi connectivity index (χ1n) is 7.85. The van der Waals surface area contributed by atoms with Crippen LogP contribution in [0.25, 0.3) is 0 Å². The van der Waals surface area contributed by atoms with E-state index in [0.29, 0.717) is 5.41 Å². The van der Waals surface area contributed by atoms with Crippen molar-refractivity contribution in [2.75, 3.05) is 13.1 Å². The van der Waals surface area contributed by atoms with Crippen molar-refractivity contribution in [3.05, 3.63) is 0 Å². The molecule has 1 unspecified atom stereocenters. The third-order valence-corrected chi connectivity index (χ3v) is 5.21. The van der Waals surface area contributed by atoms with Crippen LogP contribution in [0.5, 0.6) is 0 Å². The second-order valence-electron chi connectivity index (χ2n) is 7.57. The average molecular weight is 267 g/mol. The zero-order valence-corrected chi connectivity index (χ0v) is 12.7. The normalized spacial score (nSPS) is 33.5. The molecule has 2 fully saturated rings. The van der Waals surface area contributed by atoms with E-state index < -0.39 is 5.97 Å². The number of rotatable bonds is 3. The van der Waals surface area contributed by atoms with Crippen LogP contribution < -0.4 is 0 Å². The van der Waals surface area contributed by atoms with Gasteiger partial charge in [0.05, 0.1) is 0 Å². The Bertz CT molecular complexity index is 313. The molecule has 3 nitrogen and oxygen atoms in total. The molecular formula is C16H29NO2. The molecule has 0 aromatic rings. The third-order valence-electron chi connectivity index (χ3n) is 5.21. The van der Waals surface area contributed by atoms with Gasteiger partial charge in [-0.3, -0.25) is 9.69 Å². The molecule has 0 radical (unpaired) electrons. The minimum atomic E-state index is -0.624. The van der Waals surface area contributed by atoms with Crippen molar-refractivity contribution in [2.45, 2.75) is 65.3 Å². The molecule has 110 valence electrons. The monoisotopic (exact) mass is 267 g/mol. The molecule has 1 atom stereocenters. The van der Waals surface area contributed by atoms with Crippen LogP contribution in [0.3, 0.4) is 0 Å². The highest BCUT2D eigenvalue weighted by Crippen LogP contribution is 2.40. The lowest BCUT2D eigenvalue weighted by molar-refractivity contribution is -0.142. The largest absolute Gasteiger partial charge is 0.480 e. The highest BCUT2D eigenvalue weighted by molar-refractivity contribution is 5.73. The number of aliphatic carboxylic acids is 1. The van der Waals surface area contributed by atoms with Crippen LogP contribution in [0.1, 0.15) is 59.3 Å². The van der Waals surface area contributed by atoms with Crippen LogP contribution in [-0.2, 0) is 4.79 Å². The predicted octanol–water partition coefficient (Wildman–Crippen LogP) is 3.39. The molecule has 2 rings (SSSR count). The highest BCUT2D eigenvalue weighted by atomic mass is 16.4. The molecule has 0 bridgehead atoms. The Kier molecular flexibility index (Phi) is 4.54. The molecule has 3 heteroatoms. The van der Waals surface area contributed by atoms with Gasteiger partial charge in [0.1, 0.15) is 6.04 Å². The van der Waals surface area contributed by atoms with E-state index in [0.717, 1.165) is 37.8 Å². The minimum absolute atomic E-state index is 0.208. The molecule has 2 aliphatic rings. The zero-order valence-electron chi connectivity index (χ0n) is 12.7. The Balaban J connectivity index is 1.81. The van der Waals surface area contributed by atoms with E-state index in [1.165, 1.54) is 25.7 Å². The van der Waals surface area contributed by atoms with Gasteiger partial charge in [0.2, 0.25) is 0 Å². The molecule has 1 saturated heterocycles. The SMILES string of the molecule is CC(C)(C)C1CCC(CN2CCCC2C(=O)O)CC1. The van der Waals surface area contributed by atoms with E-state index in [1.54, 1.807) is 0 Å². The lowest BCUT2D eigenvalue weighted by Crippen LogP contribution is -2.40. The Labute approximate surface area is 117 Å². The van der Waals surface area contributed by atoms with E-state index >= 15 is 0 Å². The fourth-order valence-electron chi connectivity index (χ4n) is 3.87. The number of carboxylic acids is 1. The molecule has 1 heterocycles. The van der Waals surface area contributed by atoms with Gasteiger partial charge >= 0.3 is 5.97 Å². The molecule has 0 aromatic heterocycles. The maximum Gasteiger partial charge on any atom is 0.320 e. The number of carbonyl (C=O) groups is 1. The summed E-state index contributed by atoms with van der Waals surface area (Å²) in [5.41, 5.74) is 0.433. The third kappa shape index (κ3) is 3.71. The van der Waals surface area contributed by atoms with Crippen LogP contribution in [0.4, 0.5) is 0 Å². The van der Waals surface area contributed by atoms with E-state index in [1.807, 2.05) is 0 Å². The molecule has 1 aliphatic carbocycles. The Morgan fingerprint density at radius 2 is 1.79 bits per heavy atom. The molecule has 0 aromatic carbocycles. The number of hydrogen-bond donors (Lipinski definition) is 1. The highest BCUT2D eigenvalue weighted by Gasteiger charge is 2.34. The molecule has 1 saturated carbocycles. The summed E-state index contributed by atoms with van der Waals surface area (Å²) < 4.78 is 0. The molecular weight excluding hydrogens is 238 g/mol. The summed E-state index contributed by atoms with van der Waals surface area (Å²) in [6.07, 6.45) is 7.09. The van der Waals surface area contributed by atoms with Gasteiger partial charge in [-0.25, -0.2) is 0 Å². The van der Waals surface area contributed by atoms with Gasteiger partial charge in [0.15, 0.2) is 0 Å². The Morgan fingerprint density at radius 1 is 1.16 bits per heavy atom. The lowest BCUT2D eigenvalue weighted by atomic mass is 9.70. The van der Waals surface area contributed by atoms with Gasteiger partial charge in [0, 0.05) is 6.54 Å². The first-order valence-corrected chi connectivity index (χ1v) is 7.85. The zero-order chi connectivity index (χ0) is 14.0. The summed E-state index contributed by atoms with van der Waals surface area (Å²) in [6, 6.07) is -0.208. The lowest BCUT2D eigenvalue weighted by Gasteiger charge is -2.38. The standard InChI is InChI=1S/C16H29NO2/c1-16(2,3)13-8-6-12(7-9-13)11-17-10-4-5-14(17)15(18)19/h12-14H,4-11H2,1-3H3,(H,18,19). The molecule has 0 spiro atoms. The molecule has 1 N–H and O–H groups in total. The second-order valence-corrected chi connectivity index (χ2v) is 7.57. The fraction of sp³-hybridized carbons (Fsp3) is 0.938. The Hall–Kier alpha value is -0.570. The van der Waals surface area contributed by atoms with Crippen LogP contribution in [0.2, 0.25) is 0 Å². The van der Waals surface area contributed by atoms with Crippen LogP contribution in [0.15, 0.2) is 0 Å². The maximum absolute atomic E-state index is 11.2. The van der Waals surface area contributed by atoms with E-state index in [9.17, 15) is 9.90 Å². The van der Waals surface area contributed by atoms with E-state index in [4.69, 9.17) is 0 Å². The summed E-state index contributed by atoms with van der Waals surface area (Å²) in [5.74, 6) is 0.942. The van der Waals surface area contributed by atoms with Crippen molar-refractivity contribution in [1.82, 2.24) is 4.90 Å². The smallest absolute Gasteiger partial charge is 0.320 e. The van der Waals surface area contributed by atoms with E-state index in [-0.39, 0.29) is 6.04 Å². The maximum atomic E-state index is 11.2. The quantitative estimate of drug-likeness (QED) is 0.852. The second kappa shape index (κ2) is 5.82. The summed E-state index contributed by atoms with van der Waals surface area (Å²) in [5, 5.41) is 9.22. The van der Waals surface area contributed by atoms with E-state index in [2.05, 4.69) is 25.7 Å². The first-order chi connectivity index (χ1) is 8.88. The summed E-state index contributed by atoms with van der Waals surface area (Å²) >= 11 is 0. The first kappa shape index (κ1) is 14.8. The number of hydrogen-bond acceptors (Lipinski definition) is 2. The van der Waals surface area contributed by atoms with Crippen molar-refractivity contribution in [1.29, 1.82) is 0 Å². The number of nitrogens with zero attached hydrogens (tertiary/aromatic N) is 1. The van der Waals surface area contributed by atoms with Crippen LogP contribution in [0, 0.1) is 17.3 Å². The van der Waals surface area contributed by atoms with Crippen molar-refractivity contribution in [3.63, 3.8) is 0 Å². The predicted molar refractivity (Wildman–Crippen MR) is 77.1 cm³/mol. The van der Waals surface area contributed by atoms with Crippen LogP contribution >= 0.6 is 0 Å². The van der Waals surface area contributed by atoms with Crippen molar-refractivity contribution >= 4 is 5.97 Å². The van der Waals surface area contributed by atoms with Gasteiger partial charge < -0.3 is 5.11 Å². The minimum Gasteiger partial charge on any atom is -0.480 e. The van der Waals surface area contributed by atoms with Crippen LogP contribution in [-0.4, -0.2) is 35.1 Å². The van der Waals surface area contributed by atoms with Crippen molar-refractivity contribution < 1.29 is 9.90 Å². The number of likely N-dealkylation sites (tertiary alicyclic amines) is 1. The van der Waals surface area contributed by atoms with Crippen molar-refractivity contribution in [2.24, 2.45) is 17.3 Å².